The molecule has 0 aliphatic carbocycles. The highest BCUT2D eigenvalue weighted by molar-refractivity contribution is 5.99. The van der Waals surface area contributed by atoms with E-state index in [2.05, 4.69) is 34.3 Å². The van der Waals surface area contributed by atoms with Crippen molar-refractivity contribution in [1.29, 1.82) is 0 Å². The average molecular weight is 435 g/mol. The molecule has 2 heterocycles. The molecule has 1 unspecified atom stereocenters. The SMILES string of the molecule is COc1cccc(C(C)N2CCN(C(=O)c3cccnc3Nc3cccc(F)c3)CC2)c1. The minimum atomic E-state index is -0.347. The molecule has 1 saturated heterocycles. The first kappa shape index (κ1) is 21.8. The Labute approximate surface area is 187 Å². The molecule has 1 aromatic heterocycles. The maximum absolute atomic E-state index is 13.5. The lowest BCUT2D eigenvalue weighted by Gasteiger charge is -2.38. The first-order chi connectivity index (χ1) is 15.5. The number of nitrogens with zero attached hydrogens (tertiary/aromatic N) is 3. The second-order valence-corrected chi connectivity index (χ2v) is 7.82. The third kappa shape index (κ3) is 4.89. The summed E-state index contributed by atoms with van der Waals surface area (Å²) in [6, 6.07) is 17.9. The fourth-order valence-electron chi connectivity index (χ4n) is 3.98. The summed E-state index contributed by atoms with van der Waals surface area (Å²) in [5.41, 5.74) is 2.22. The summed E-state index contributed by atoms with van der Waals surface area (Å²) in [5, 5.41) is 3.07. The number of halogens is 1. The molecular formula is C25H27FN4O2. The van der Waals surface area contributed by atoms with Gasteiger partial charge in [-0.2, -0.15) is 0 Å². The summed E-state index contributed by atoms with van der Waals surface area (Å²) in [6.45, 7) is 4.98. The Kier molecular flexibility index (Phi) is 6.66. The molecule has 4 rings (SSSR count). The fourth-order valence-corrected chi connectivity index (χ4v) is 3.98. The van der Waals surface area contributed by atoms with E-state index in [1.807, 2.05) is 17.0 Å². The molecule has 0 saturated carbocycles. The molecule has 0 radical (unpaired) electrons. The number of nitrogens with one attached hydrogen (secondary N) is 1. The van der Waals surface area contributed by atoms with Crippen molar-refractivity contribution in [2.24, 2.45) is 0 Å². The molecule has 166 valence electrons. The van der Waals surface area contributed by atoms with Crippen LogP contribution in [-0.4, -0.2) is 54.0 Å². The van der Waals surface area contributed by atoms with E-state index in [1.54, 1.807) is 37.6 Å². The lowest BCUT2D eigenvalue weighted by Crippen LogP contribution is -2.49. The van der Waals surface area contributed by atoms with Gasteiger partial charge >= 0.3 is 0 Å². The summed E-state index contributed by atoms with van der Waals surface area (Å²) in [5.74, 6) is 0.846. The van der Waals surface area contributed by atoms with Gasteiger partial charge in [0.1, 0.15) is 17.4 Å². The molecule has 1 fully saturated rings. The van der Waals surface area contributed by atoms with E-state index < -0.39 is 0 Å². The zero-order valence-corrected chi connectivity index (χ0v) is 18.3. The lowest BCUT2D eigenvalue weighted by atomic mass is 10.1. The van der Waals surface area contributed by atoms with Gasteiger partial charge in [0.15, 0.2) is 0 Å². The van der Waals surface area contributed by atoms with Gasteiger partial charge in [0.25, 0.3) is 5.91 Å². The van der Waals surface area contributed by atoms with Crippen molar-refractivity contribution < 1.29 is 13.9 Å². The van der Waals surface area contributed by atoms with Crippen molar-refractivity contribution in [1.82, 2.24) is 14.8 Å². The van der Waals surface area contributed by atoms with Gasteiger partial charge in [-0.3, -0.25) is 9.69 Å². The van der Waals surface area contributed by atoms with E-state index in [9.17, 15) is 9.18 Å². The number of ether oxygens (including phenoxy) is 1. The van der Waals surface area contributed by atoms with Crippen molar-refractivity contribution in [3.8, 4) is 5.75 Å². The predicted molar refractivity (Wildman–Crippen MR) is 123 cm³/mol. The normalized spacial score (nSPS) is 15.3. The van der Waals surface area contributed by atoms with Gasteiger partial charge in [0, 0.05) is 44.1 Å². The Hall–Kier alpha value is -3.45. The van der Waals surface area contributed by atoms with Gasteiger partial charge in [0.2, 0.25) is 0 Å². The Balaban J connectivity index is 1.42. The summed E-state index contributed by atoms with van der Waals surface area (Å²) < 4.78 is 18.9. The number of anilines is 2. The van der Waals surface area contributed by atoms with E-state index in [4.69, 9.17) is 4.74 Å². The number of hydrogen-bond donors (Lipinski definition) is 1. The molecule has 2 aromatic carbocycles. The summed E-state index contributed by atoms with van der Waals surface area (Å²) in [4.78, 5) is 21.8. The van der Waals surface area contributed by atoms with Crippen molar-refractivity contribution in [2.75, 3.05) is 38.6 Å². The highest BCUT2D eigenvalue weighted by atomic mass is 19.1. The van der Waals surface area contributed by atoms with Gasteiger partial charge in [-0.1, -0.05) is 18.2 Å². The van der Waals surface area contributed by atoms with Gasteiger partial charge in [0.05, 0.1) is 12.7 Å². The molecule has 6 nitrogen and oxygen atoms in total. The number of rotatable bonds is 6. The van der Waals surface area contributed by atoms with Crippen LogP contribution in [0.5, 0.6) is 5.75 Å². The zero-order valence-electron chi connectivity index (χ0n) is 18.3. The van der Waals surface area contributed by atoms with Crippen LogP contribution in [0.1, 0.15) is 28.9 Å². The highest BCUT2D eigenvalue weighted by Gasteiger charge is 2.27. The van der Waals surface area contributed by atoms with Crippen LogP contribution in [0.4, 0.5) is 15.9 Å². The van der Waals surface area contributed by atoms with Crippen LogP contribution in [0.3, 0.4) is 0 Å². The first-order valence-electron chi connectivity index (χ1n) is 10.7. The zero-order chi connectivity index (χ0) is 22.5. The highest BCUT2D eigenvalue weighted by Crippen LogP contribution is 2.26. The quantitative estimate of drug-likeness (QED) is 0.619. The predicted octanol–water partition coefficient (Wildman–Crippen LogP) is 4.49. The van der Waals surface area contributed by atoms with E-state index in [0.29, 0.717) is 30.2 Å². The van der Waals surface area contributed by atoms with E-state index in [0.717, 1.165) is 18.8 Å². The minimum absolute atomic E-state index is 0.0781. The number of aromatic nitrogens is 1. The smallest absolute Gasteiger partial charge is 0.257 e. The van der Waals surface area contributed by atoms with Crippen LogP contribution < -0.4 is 10.1 Å². The number of carbonyl (C=O) groups is 1. The molecule has 1 atom stereocenters. The van der Waals surface area contributed by atoms with E-state index >= 15 is 0 Å². The Morgan fingerprint density at radius 2 is 1.84 bits per heavy atom. The number of amides is 1. The van der Waals surface area contributed by atoms with Crippen molar-refractivity contribution in [2.45, 2.75) is 13.0 Å². The molecule has 0 spiro atoms. The van der Waals surface area contributed by atoms with Gasteiger partial charge in [-0.15, -0.1) is 0 Å². The van der Waals surface area contributed by atoms with Crippen LogP contribution in [0.25, 0.3) is 0 Å². The topological polar surface area (TPSA) is 57.7 Å². The Morgan fingerprint density at radius 3 is 2.59 bits per heavy atom. The number of benzene rings is 2. The first-order valence-corrected chi connectivity index (χ1v) is 10.7. The van der Waals surface area contributed by atoms with E-state index in [-0.39, 0.29) is 17.8 Å². The summed E-state index contributed by atoms with van der Waals surface area (Å²) >= 11 is 0. The van der Waals surface area contributed by atoms with Gasteiger partial charge in [-0.05, 0) is 55.0 Å². The molecule has 0 bridgehead atoms. The third-order valence-electron chi connectivity index (χ3n) is 5.85. The second kappa shape index (κ2) is 9.78. The second-order valence-electron chi connectivity index (χ2n) is 7.82. The molecule has 1 aliphatic heterocycles. The Morgan fingerprint density at radius 1 is 1.06 bits per heavy atom. The number of piperazine rings is 1. The molecule has 3 aromatic rings. The van der Waals surface area contributed by atoms with Gasteiger partial charge < -0.3 is 15.0 Å². The van der Waals surface area contributed by atoms with Crippen LogP contribution >= 0.6 is 0 Å². The minimum Gasteiger partial charge on any atom is -0.497 e. The van der Waals surface area contributed by atoms with Crippen LogP contribution in [0, 0.1) is 5.82 Å². The van der Waals surface area contributed by atoms with Crippen LogP contribution in [0.15, 0.2) is 66.9 Å². The number of pyridine rings is 1. The molecule has 1 amide bonds. The summed E-state index contributed by atoms with van der Waals surface area (Å²) in [6.07, 6.45) is 1.62. The van der Waals surface area contributed by atoms with Crippen LogP contribution in [0.2, 0.25) is 0 Å². The fraction of sp³-hybridized carbons (Fsp3) is 0.280. The molecule has 32 heavy (non-hydrogen) atoms. The lowest BCUT2D eigenvalue weighted by molar-refractivity contribution is 0.0582. The molecule has 1 N–H and O–H groups in total. The number of methoxy groups -OCH3 is 1. The Bertz CT molecular complexity index is 1080. The number of hydrogen-bond acceptors (Lipinski definition) is 5. The standard InChI is InChI=1S/C25H27FN4O2/c1-18(19-6-3-9-22(16-19)32-2)29-12-14-30(15-13-29)25(31)23-10-5-11-27-24(23)28-21-8-4-7-20(26)17-21/h3-11,16-18H,12-15H2,1-2H3,(H,27,28). The third-order valence-corrected chi connectivity index (χ3v) is 5.85. The monoisotopic (exact) mass is 434 g/mol. The van der Waals surface area contributed by atoms with Crippen molar-refractivity contribution in [3.63, 3.8) is 0 Å². The molecular weight excluding hydrogens is 407 g/mol. The largest absolute Gasteiger partial charge is 0.497 e. The average Bonchev–Trinajstić information content (AvgIpc) is 2.84. The number of carbonyl (C=O) groups excluding carboxylic acids is 1. The maximum atomic E-state index is 13.5. The van der Waals surface area contributed by atoms with Crippen molar-refractivity contribution >= 4 is 17.4 Å². The maximum Gasteiger partial charge on any atom is 0.257 e. The van der Waals surface area contributed by atoms with E-state index in [1.165, 1.54) is 17.7 Å². The van der Waals surface area contributed by atoms with Crippen molar-refractivity contribution in [3.05, 3.63) is 83.8 Å². The van der Waals surface area contributed by atoms with Crippen LogP contribution in [-0.2, 0) is 0 Å². The molecule has 7 heteroatoms. The molecule has 1 aliphatic rings. The summed E-state index contributed by atoms with van der Waals surface area (Å²) in [7, 11) is 1.67. The van der Waals surface area contributed by atoms with Gasteiger partial charge in [-0.25, -0.2) is 9.37 Å².